The summed E-state index contributed by atoms with van der Waals surface area (Å²) in [6.07, 6.45) is 6.65. The Kier molecular flexibility index (Phi) is 2.80. The Morgan fingerprint density at radius 3 is 1.71 bits per heavy atom. The lowest BCUT2D eigenvalue weighted by atomic mass is 9.74. The first kappa shape index (κ1) is 13.7. The van der Waals surface area contributed by atoms with E-state index in [1.165, 1.54) is 37.1 Å². The minimum atomic E-state index is -0.317. The lowest BCUT2D eigenvalue weighted by Gasteiger charge is -2.32. The van der Waals surface area contributed by atoms with Gasteiger partial charge in [-0.25, -0.2) is 9.97 Å². The average Bonchev–Trinajstić information content (AvgIpc) is 3.26. The molecule has 0 atom stereocenters. The quantitative estimate of drug-likeness (QED) is 0.801. The second-order valence-electron chi connectivity index (χ2n) is 7.69. The number of rotatable bonds is 3. The van der Waals surface area contributed by atoms with Gasteiger partial charge in [0.25, 0.3) is 0 Å². The van der Waals surface area contributed by atoms with Gasteiger partial charge in [0.1, 0.15) is 6.33 Å². The Hall–Kier alpha value is -0.935. The molecule has 1 saturated heterocycles. The van der Waals surface area contributed by atoms with Crippen molar-refractivity contribution in [2.45, 2.75) is 76.4 Å². The fourth-order valence-corrected chi connectivity index (χ4v) is 2.99. The predicted octanol–water partition coefficient (Wildman–Crippen LogP) is 2.53. The van der Waals surface area contributed by atoms with E-state index in [9.17, 15) is 0 Å². The van der Waals surface area contributed by atoms with Gasteiger partial charge in [-0.2, -0.15) is 0 Å². The summed E-state index contributed by atoms with van der Waals surface area (Å²) in [6, 6.07) is 0. The number of nitrogens with zero attached hydrogens (tertiary/aromatic N) is 2. The van der Waals surface area contributed by atoms with Crippen molar-refractivity contribution in [2.24, 2.45) is 0 Å². The molecule has 21 heavy (non-hydrogen) atoms. The minimum Gasteiger partial charge on any atom is -0.399 e. The largest absolute Gasteiger partial charge is 0.498 e. The van der Waals surface area contributed by atoms with Crippen LogP contribution in [0.2, 0.25) is 0 Å². The Labute approximate surface area is 126 Å². The molecule has 0 aromatic carbocycles. The summed E-state index contributed by atoms with van der Waals surface area (Å²) in [4.78, 5) is 9.16. The van der Waals surface area contributed by atoms with Gasteiger partial charge in [-0.15, -0.1) is 0 Å². The van der Waals surface area contributed by atoms with Gasteiger partial charge in [0.15, 0.2) is 0 Å². The van der Waals surface area contributed by atoms with Crippen LogP contribution in [-0.2, 0) is 9.31 Å². The summed E-state index contributed by atoms with van der Waals surface area (Å²) < 4.78 is 12.6. The van der Waals surface area contributed by atoms with Crippen LogP contribution in [0.3, 0.4) is 0 Å². The Balaban J connectivity index is 1.77. The van der Waals surface area contributed by atoms with Crippen molar-refractivity contribution in [3.8, 4) is 0 Å². The highest BCUT2D eigenvalue weighted by molar-refractivity contribution is 6.63. The third-order valence-corrected chi connectivity index (χ3v) is 5.36. The molecule has 0 N–H and O–H groups in total. The lowest BCUT2D eigenvalue weighted by molar-refractivity contribution is 0.00578. The topological polar surface area (TPSA) is 44.2 Å². The van der Waals surface area contributed by atoms with E-state index in [0.717, 1.165) is 5.46 Å². The van der Waals surface area contributed by atoms with Crippen LogP contribution in [0.4, 0.5) is 0 Å². The van der Waals surface area contributed by atoms with Crippen molar-refractivity contribution in [2.75, 3.05) is 0 Å². The van der Waals surface area contributed by atoms with E-state index in [-0.39, 0.29) is 18.3 Å². The molecule has 2 heterocycles. The van der Waals surface area contributed by atoms with Crippen LogP contribution in [0.5, 0.6) is 0 Å². The molecule has 4 rings (SSSR count). The van der Waals surface area contributed by atoms with Gasteiger partial charge in [-0.05, 0) is 53.4 Å². The first-order valence-corrected chi connectivity index (χ1v) is 8.09. The summed E-state index contributed by atoms with van der Waals surface area (Å²) >= 11 is 0. The molecule has 0 amide bonds. The zero-order valence-corrected chi connectivity index (χ0v) is 13.3. The number of hydrogen-bond acceptors (Lipinski definition) is 4. The summed E-state index contributed by atoms with van der Waals surface area (Å²) in [5.41, 5.74) is 2.86. The molecule has 0 unspecified atom stereocenters. The smallest absolute Gasteiger partial charge is 0.399 e. The first-order valence-electron chi connectivity index (χ1n) is 8.09. The highest BCUT2D eigenvalue weighted by Crippen LogP contribution is 2.44. The normalized spacial score (nSPS) is 27.1. The Bertz CT molecular complexity index is 533. The maximum absolute atomic E-state index is 6.29. The van der Waals surface area contributed by atoms with E-state index in [0.29, 0.717) is 11.8 Å². The van der Waals surface area contributed by atoms with Crippen LogP contribution in [0.1, 0.15) is 76.6 Å². The Morgan fingerprint density at radius 1 is 0.905 bits per heavy atom. The summed E-state index contributed by atoms with van der Waals surface area (Å²) in [6.45, 7) is 8.41. The molecule has 3 fully saturated rings. The monoisotopic (exact) mass is 286 g/mol. The molecule has 3 aliphatic rings. The Morgan fingerprint density at radius 2 is 1.33 bits per heavy atom. The van der Waals surface area contributed by atoms with Gasteiger partial charge < -0.3 is 9.31 Å². The van der Waals surface area contributed by atoms with E-state index < -0.39 is 0 Å². The second-order valence-corrected chi connectivity index (χ2v) is 7.69. The maximum Gasteiger partial charge on any atom is 0.498 e. The van der Waals surface area contributed by atoms with Gasteiger partial charge in [0.2, 0.25) is 0 Å². The number of aromatic nitrogens is 2. The first-order chi connectivity index (χ1) is 9.89. The van der Waals surface area contributed by atoms with Crippen LogP contribution in [0.25, 0.3) is 0 Å². The van der Waals surface area contributed by atoms with E-state index in [4.69, 9.17) is 9.31 Å². The van der Waals surface area contributed by atoms with Crippen molar-refractivity contribution in [3.05, 3.63) is 17.7 Å². The molecule has 4 nitrogen and oxygen atoms in total. The van der Waals surface area contributed by atoms with Crippen molar-refractivity contribution in [3.63, 3.8) is 0 Å². The van der Waals surface area contributed by atoms with E-state index >= 15 is 0 Å². The van der Waals surface area contributed by atoms with Gasteiger partial charge in [-0.1, -0.05) is 0 Å². The molecule has 5 heteroatoms. The van der Waals surface area contributed by atoms with Crippen molar-refractivity contribution in [1.82, 2.24) is 9.97 Å². The summed E-state index contributed by atoms with van der Waals surface area (Å²) in [5, 5.41) is 0. The fraction of sp³-hybridized carbons (Fsp3) is 0.750. The zero-order valence-electron chi connectivity index (χ0n) is 13.3. The molecule has 2 saturated carbocycles. The zero-order chi connectivity index (χ0) is 14.8. The third kappa shape index (κ3) is 2.22. The molecule has 2 aliphatic carbocycles. The average molecular weight is 286 g/mol. The van der Waals surface area contributed by atoms with Gasteiger partial charge >= 0.3 is 7.12 Å². The molecular formula is C16H23BN2O2. The van der Waals surface area contributed by atoms with Gasteiger partial charge in [0.05, 0.1) is 11.2 Å². The van der Waals surface area contributed by atoms with Crippen LogP contribution in [-0.4, -0.2) is 28.3 Å². The van der Waals surface area contributed by atoms with Crippen LogP contribution in [0.15, 0.2) is 6.33 Å². The van der Waals surface area contributed by atoms with Gasteiger partial charge in [-0.3, -0.25) is 0 Å². The molecular weight excluding hydrogens is 263 g/mol. The van der Waals surface area contributed by atoms with Crippen molar-refractivity contribution in [1.29, 1.82) is 0 Å². The molecule has 112 valence electrons. The highest BCUT2D eigenvalue weighted by Gasteiger charge is 2.54. The van der Waals surface area contributed by atoms with Crippen LogP contribution >= 0.6 is 0 Å². The summed E-state index contributed by atoms with van der Waals surface area (Å²) in [7, 11) is -0.317. The molecule has 1 aromatic rings. The van der Waals surface area contributed by atoms with Crippen LogP contribution in [0, 0.1) is 0 Å². The maximum atomic E-state index is 6.29. The van der Waals surface area contributed by atoms with E-state index in [1.54, 1.807) is 6.33 Å². The lowest BCUT2D eigenvalue weighted by Crippen LogP contribution is -2.41. The molecule has 0 bridgehead atoms. The van der Waals surface area contributed by atoms with E-state index in [2.05, 4.69) is 37.7 Å². The SMILES string of the molecule is CC1(C)OB(c2c(C3CC3)ncnc2C2CC2)OC1(C)C. The highest BCUT2D eigenvalue weighted by atomic mass is 16.7. The fourth-order valence-electron chi connectivity index (χ4n) is 2.99. The van der Waals surface area contributed by atoms with E-state index in [1.807, 2.05) is 0 Å². The van der Waals surface area contributed by atoms with Crippen LogP contribution < -0.4 is 5.46 Å². The van der Waals surface area contributed by atoms with Crippen molar-refractivity contribution < 1.29 is 9.31 Å². The molecule has 0 spiro atoms. The second kappa shape index (κ2) is 4.29. The minimum absolute atomic E-state index is 0.310. The standard InChI is InChI=1S/C16H23BN2O2/c1-15(2)16(3,4)21-17(20-15)12-13(10-5-6-10)18-9-19-14(12)11-7-8-11/h9-11H,5-8H2,1-4H3. The number of hydrogen-bond donors (Lipinski definition) is 0. The molecule has 1 aliphatic heterocycles. The predicted molar refractivity (Wildman–Crippen MR) is 81.7 cm³/mol. The third-order valence-electron chi connectivity index (χ3n) is 5.36. The molecule has 1 aromatic heterocycles. The van der Waals surface area contributed by atoms with Gasteiger partial charge in [0, 0.05) is 28.7 Å². The summed E-state index contributed by atoms with van der Waals surface area (Å²) in [5.74, 6) is 1.17. The molecule has 0 radical (unpaired) electrons. The van der Waals surface area contributed by atoms with Crippen molar-refractivity contribution >= 4 is 12.6 Å².